The third kappa shape index (κ3) is 3.07. The Balaban J connectivity index is 1.85. The Labute approximate surface area is 176 Å². The van der Waals surface area contributed by atoms with Crippen LogP contribution in [0.1, 0.15) is 10.4 Å². The average molecular weight is 411 g/mol. The Bertz CT molecular complexity index is 1470. The van der Waals surface area contributed by atoms with E-state index in [4.69, 9.17) is 4.99 Å². The van der Waals surface area contributed by atoms with Crippen molar-refractivity contribution in [1.29, 1.82) is 0 Å². The molecule has 1 aliphatic rings. The Hall–Kier alpha value is -3.77. The van der Waals surface area contributed by atoms with Crippen molar-refractivity contribution in [3.8, 4) is 11.6 Å². The molecule has 1 amide bonds. The lowest BCUT2D eigenvalue weighted by atomic mass is 10.1. The zero-order valence-corrected chi connectivity index (χ0v) is 16.9. The van der Waals surface area contributed by atoms with Crippen LogP contribution in [0.5, 0.6) is 5.88 Å². The number of fused-ring (bicyclic) bond motifs is 1. The van der Waals surface area contributed by atoms with Crippen LogP contribution >= 0.6 is 11.3 Å². The number of para-hydroxylation sites is 2. The highest BCUT2D eigenvalue weighted by atomic mass is 32.1. The zero-order chi connectivity index (χ0) is 20.7. The van der Waals surface area contributed by atoms with E-state index in [1.807, 2.05) is 85.8 Å². The van der Waals surface area contributed by atoms with E-state index in [0.29, 0.717) is 20.6 Å². The van der Waals surface area contributed by atoms with Crippen LogP contribution in [0.15, 0.2) is 88.8 Å². The maximum Gasteiger partial charge on any atom is 0.279 e. The summed E-state index contributed by atoms with van der Waals surface area (Å²) in [7, 11) is 0. The first kappa shape index (κ1) is 18.3. The molecule has 0 saturated carbocycles. The molecule has 0 bridgehead atoms. The van der Waals surface area contributed by atoms with E-state index in [9.17, 15) is 9.90 Å². The predicted molar refractivity (Wildman–Crippen MR) is 116 cm³/mol. The third-order valence-electron chi connectivity index (χ3n) is 4.88. The summed E-state index contributed by atoms with van der Waals surface area (Å²) in [5.41, 5.74) is 2.96. The Morgan fingerprint density at radius 2 is 1.67 bits per heavy atom. The second-order valence-electron chi connectivity index (χ2n) is 6.97. The molecular formula is C24H17N3O2S. The fourth-order valence-corrected chi connectivity index (χ4v) is 4.58. The predicted octanol–water partition coefficient (Wildman–Crippen LogP) is 3.14. The number of amides is 1. The number of hydrogen-bond acceptors (Lipinski definition) is 4. The number of rotatable bonds is 3. The van der Waals surface area contributed by atoms with Gasteiger partial charge in [-0.05, 0) is 43.3 Å². The molecule has 0 saturated heterocycles. The van der Waals surface area contributed by atoms with Crippen molar-refractivity contribution < 1.29 is 9.90 Å². The summed E-state index contributed by atoms with van der Waals surface area (Å²) in [6.07, 6.45) is 0. The van der Waals surface area contributed by atoms with Crippen LogP contribution in [0.4, 0.5) is 5.69 Å². The van der Waals surface area contributed by atoms with E-state index >= 15 is 0 Å². The van der Waals surface area contributed by atoms with Crippen LogP contribution < -0.4 is 15.4 Å². The molecule has 146 valence electrons. The van der Waals surface area contributed by atoms with E-state index in [-0.39, 0.29) is 11.8 Å². The summed E-state index contributed by atoms with van der Waals surface area (Å²) >= 11 is 1.27. The lowest BCUT2D eigenvalue weighted by molar-refractivity contribution is -0.112. The third-order valence-corrected chi connectivity index (χ3v) is 5.93. The van der Waals surface area contributed by atoms with Gasteiger partial charge < -0.3 is 5.11 Å². The molecule has 6 heteroatoms. The minimum Gasteiger partial charge on any atom is -0.493 e. The molecule has 0 unspecified atom stereocenters. The van der Waals surface area contributed by atoms with Gasteiger partial charge in [0.25, 0.3) is 5.91 Å². The van der Waals surface area contributed by atoms with Crippen molar-refractivity contribution in [2.75, 3.05) is 0 Å². The van der Waals surface area contributed by atoms with Crippen molar-refractivity contribution in [2.45, 2.75) is 6.92 Å². The Morgan fingerprint density at radius 3 is 2.40 bits per heavy atom. The summed E-state index contributed by atoms with van der Waals surface area (Å²) in [6, 6.07) is 24.7. The van der Waals surface area contributed by atoms with E-state index in [0.717, 1.165) is 22.2 Å². The topological polar surface area (TPSA) is 66.9 Å². The first-order chi connectivity index (χ1) is 14.6. The van der Waals surface area contributed by atoms with Crippen molar-refractivity contribution in [1.82, 2.24) is 4.57 Å². The average Bonchev–Trinajstić information content (AvgIpc) is 3.24. The second kappa shape index (κ2) is 7.24. The van der Waals surface area contributed by atoms with Crippen LogP contribution in [0, 0.1) is 6.92 Å². The largest absolute Gasteiger partial charge is 0.493 e. The maximum absolute atomic E-state index is 12.8. The van der Waals surface area contributed by atoms with Gasteiger partial charge in [-0.3, -0.25) is 9.36 Å². The lowest BCUT2D eigenvalue weighted by Gasteiger charge is -2.05. The number of aromatic hydroxyl groups is 1. The van der Waals surface area contributed by atoms with Gasteiger partial charge in [-0.15, -0.1) is 0 Å². The van der Waals surface area contributed by atoms with Crippen molar-refractivity contribution in [2.24, 2.45) is 9.98 Å². The van der Waals surface area contributed by atoms with Crippen LogP contribution in [0.25, 0.3) is 11.3 Å². The van der Waals surface area contributed by atoms with Gasteiger partial charge in [0.2, 0.25) is 5.88 Å². The summed E-state index contributed by atoms with van der Waals surface area (Å²) in [5, 5.41) is 12.6. The standard InChI is InChI=1S/C24H17N3O2S/c1-15-12-13-19-18(14-15)20(22(28)26-19)21-23(29)27(17-10-6-3-7-11-17)24(30-21)25-16-8-4-2-5-9-16/h2-14,29H,1H3. The normalized spacial score (nSPS) is 13.4. The molecule has 1 aromatic heterocycles. The first-order valence-electron chi connectivity index (χ1n) is 9.46. The summed E-state index contributed by atoms with van der Waals surface area (Å²) in [6.45, 7) is 1.97. The molecule has 0 spiro atoms. The number of benzene rings is 3. The molecule has 1 N–H and O–H groups in total. The molecule has 2 heterocycles. The molecule has 0 fully saturated rings. The molecule has 0 radical (unpaired) electrons. The number of aromatic nitrogens is 1. The second-order valence-corrected chi connectivity index (χ2v) is 7.95. The fourth-order valence-electron chi connectivity index (χ4n) is 3.48. The Kier molecular flexibility index (Phi) is 4.41. The highest BCUT2D eigenvalue weighted by Crippen LogP contribution is 2.31. The smallest absolute Gasteiger partial charge is 0.279 e. The van der Waals surface area contributed by atoms with Gasteiger partial charge in [0, 0.05) is 5.22 Å². The van der Waals surface area contributed by atoms with Crippen LogP contribution in [0.2, 0.25) is 0 Å². The van der Waals surface area contributed by atoms with Crippen molar-refractivity contribution >= 4 is 28.5 Å². The highest BCUT2D eigenvalue weighted by Gasteiger charge is 2.26. The van der Waals surface area contributed by atoms with Crippen LogP contribution in [-0.4, -0.2) is 15.6 Å². The minimum atomic E-state index is -0.348. The van der Waals surface area contributed by atoms with Crippen LogP contribution in [0.3, 0.4) is 0 Å². The SMILES string of the molecule is Cc1ccc2c(c1)=C(c1sc(=Nc3ccccc3)n(-c3ccccc3)c1O)C(=O)N=2. The maximum atomic E-state index is 12.8. The van der Waals surface area contributed by atoms with Gasteiger partial charge in [0.1, 0.15) is 4.88 Å². The molecule has 3 aromatic carbocycles. The Morgan fingerprint density at radius 1 is 0.967 bits per heavy atom. The number of carbonyl (C=O) groups is 1. The van der Waals surface area contributed by atoms with E-state index in [1.54, 1.807) is 4.57 Å². The van der Waals surface area contributed by atoms with Gasteiger partial charge in [-0.2, -0.15) is 0 Å². The van der Waals surface area contributed by atoms with Gasteiger partial charge in [0.05, 0.1) is 22.3 Å². The number of hydrogen-bond donors (Lipinski definition) is 1. The van der Waals surface area contributed by atoms with Gasteiger partial charge in [0.15, 0.2) is 4.80 Å². The zero-order valence-electron chi connectivity index (χ0n) is 16.1. The molecule has 30 heavy (non-hydrogen) atoms. The lowest BCUT2D eigenvalue weighted by Crippen LogP contribution is -2.23. The van der Waals surface area contributed by atoms with E-state index in [1.165, 1.54) is 11.3 Å². The number of nitrogens with zero attached hydrogens (tertiary/aromatic N) is 3. The van der Waals surface area contributed by atoms with E-state index in [2.05, 4.69) is 4.99 Å². The van der Waals surface area contributed by atoms with Crippen molar-refractivity contribution in [3.05, 3.63) is 105 Å². The molecule has 0 atom stereocenters. The number of carbonyl (C=O) groups excluding carboxylic acids is 1. The molecule has 0 aliphatic carbocycles. The fraction of sp³-hybridized carbons (Fsp3) is 0.0417. The number of aryl methyl sites for hydroxylation is 1. The summed E-state index contributed by atoms with van der Waals surface area (Å²) < 4.78 is 1.67. The molecular weight excluding hydrogens is 394 g/mol. The highest BCUT2D eigenvalue weighted by molar-refractivity contribution is 7.11. The quantitative estimate of drug-likeness (QED) is 0.563. The minimum absolute atomic E-state index is 0.0196. The van der Waals surface area contributed by atoms with Gasteiger partial charge in [-0.1, -0.05) is 59.4 Å². The van der Waals surface area contributed by atoms with Gasteiger partial charge in [-0.25, -0.2) is 9.98 Å². The van der Waals surface area contributed by atoms with Crippen LogP contribution in [-0.2, 0) is 4.79 Å². The van der Waals surface area contributed by atoms with E-state index < -0.39 is 0 Å². The molecule has 5 rings (SSSR count). The van der Waals surface area contributed by atoms with Crippen molar-refractivity contribution in [3.63, 3.8) is 0 Å². The summed E-state index contributed by atoms with van der Waals surface area (Å²) in [4.78, 5) is 22.7. The molecule has 4 aromatic rings. The summed E-state index contributed by atoms with van der Waals surface area (Å²) in [5.74, 6) is -0.368. The van der Waals surface area contributed by atoms with Gasteiger partial charge >= 0.3 is 0 Å². The first-order valence-corrected chi connectivity index (χ1v) is 10.3. The number of thiazole rings is 1. The molecule has 5 nitrogen and oxygen atoms in total. The molecule has 1 aliphatic heterocycles. The monoisotopic (exact) mass is 411 g/mol.